The van der Waals surface area contributed by atoms with Crippen LogP contribution in [0.25, 0.3) is 0 Å². The number of nitrogens with zero attached hydrogens (tertiary/aromatic N) is 3. The van der Waals surface area contributed by atoms with Crippen LogP contribution in [0.15, 0.2) is 24.3 Å². The van der Waals surface area contributed by atoms with E-state index in [2.05, 4.69) is 20.4 Å². The van der Waals surface area contributed by atoms with Crippen LogP contribution in [0.4, 0.5) is 11.4 Å². The summed E-state index contributed by atoms with van der Waals surface area (Å²) in [5.41, 5.74) is 0.786. The van der Waals surface area contributed by atoms with Crippen LogP contribution in [0.2, 0.25) is 5.02 Å². The molecule has 1 fully saturated rings. The summed E-state index contributed by atoms with van der Waals surface area (Å²) in [5.74, 6) is -0.538. The molecule has 1 aliphatic heterocycles. The molecule has 0 unspecified atom stereocenters. The summed E-state index contributed by atoms with van der Waals surface area (Å²) < 4.78 is 0. The van der Waals surface area contributed by atoms with E-state index < -0.39 is 10.8 Å². The second-order valence-corrected chi connectivity index (χ2v) is 6.12. The highest BCUT2D eigenvalue weighted by Gasteiger charge is 2.30. The van der Waals surface area contributed by atoms with Crippen molar-refractivity contribution in [1.29, 1.82) is 0 Å². The van der Waals surface area contributed by atoms with Gasteiger partial charge in [-0.25, -0.2) is 0 Å². The van der Waals surface area contributed by atoms with Crippen molar-refractivity contribution in [2.24, 2.45) is 0 Å². The number of hydrogen-bond donors (Lipinski definition) is 2. The number of benzene rings is 1. The van der Waals surface area contributed by atoms with Gasteiger partial charge >= 0.3 is 5.69 Å². The Morgan fingerprint density at radius 1 is 1.54 bits per heavy atom. The number of carbonyl (C=O) groups is 1. The van der Waals surface area contributed by atoms with Gasteiger partial charge in [-0.1, -0.05) is 17.7 Å². The SMILES string of the molecule is Cc1[nH]nc(C(=O)N[C@@H]2CCN(c3cccc(Cl)c3)C2)c1[N+](=O)[O-]. The summed E-state index contributed by atoms with van der Waals surface area (Å²) in [7, 11) is 0. The van der Waals surface area contributed by atoms with Crippen molar-refractivity contribution in [3.05, 3.63) is 50.8 Å². The molecule has 9 heteroatoms. The summed E-state index contributed by atoms with van der Waals surface area (Å²) in [5, 5.41) is 20.8. The number of halogens is 1. The first kappa shape index (κ1) is 16.3. The lowest BCUT2D eigenvalue weighted by molar-refractivity contribution is -0.385. The third kappa shape index (κ3) is 3.18. The van der Waals surface area contributed by atoms with Gasteiger partial charge in [0.1, 0.15) is 5.69 Å². The van der Waals surface area contributed by atoms with Crippen molar-refractivity contribution in [2.45, 2.75) is 19.4 Å². The second-order valence-electron chi connectivity index (χ2n) is 5.69. The molecular formula is C15H16ClN5O3. The van der Waals surface area contributed by atoms with Gasteiger partial charge in [0.25, 0.3) is 5.91 Å². The number of nitro groups is 1. The van der Waals surface area contributed by atoms with E-state index in [-0.39, 0.29) is 23.1 Å². The maximum Gasteiger partial charge on any atom is 0.322 e. The largest absolute Gasteiger partial charge is 0.369 e. The Morgan fingerprint density at radius 3 is 3.04 bits per heavy atom. The monoisotopic (exact) mass is 349 g/mol. The molecule has 0 bridgehead atoms. The fourth-order valence-corrected chi connectivity index (χ4v) is 3.03. The summed E-state index contributed by atoms with van der Waals surface area (Å²) in [4.78, 5) is 24.9. The highest BCUT2D eigenvalue weighted by molar-refractivity contribution is 6.30. The van der Waals surface area contributed by atoms with Crippen molar-refractivity contribution in [3.63, 3.8) is 0 Å². The van der Waals surface area contributed by atoms with Gasteiger partial charge in [0, 0.05) is 29.8 Å². The molecule has 126 valence electrons. The Morgan fingerprint density at radius 2 is 2.33 bits per heavy atom. The average Bonchev–Trinajstić information content (AvgIpc) is 3.14. The lowest BCUT2D eigenvalue weighted by Gasteiger charge is -2.19. The minimum atomic E-state index is -0.597. The molecule has 1 amide bonds. The molecule has 8 nitrogen and oxygen atoms in total. The van der Waals surface area contributed by atoms with E-state index in [1.807, 2.05) is 18.2 Å². The Hall–Kier alpha value is -2.61. The van der Waals surface area contributed by atoms with Crippen molar-refractivity contribution in [2.75, 3.05) is 18.0 Å². The number of aryl methyl sites for hydroxylation is 1. The quantitative estimate of drug-likeness (QED) is 0.651. The Labute approximate surface area is 142 Å². The van der Waals surface area contributed by atoms with Crippen LogP contribution in [-0.2, 0) is 0 Å². The molecule has 2 heterocycles. The molecule has 2 N–H and O–H groups in total. The zero-order valence-corrected chi connectivity index (χ0v) is 13.7. The normalized spacial score (nSPS) is 17.1. The summed E-state index contributed by atoms with van der Waals surface area (Å²) in [6.45, 7) is 2.90. The molecule has 1 aromatic carbocycles. The second kappa shape index (κ2) is 6.48. The van der Waals surface area contributed by atoms with E-state index in [0.29, 0.717) is 11.6 Å². The Bertz CT molecular complexity index is 791. The first-order valence-corrected chi connectivity index (χ1v) is 7.84. The highest BCUT2D eigenvalue weighted by atomic mass is 35.5. The number of amides is 1. The van der Waals surface area contributed by atoms with Crippen LogP contribution in [0.3, 0.4) is 0 Å². The molecule has 1 saturated heterocycles. The smallest absolute Gasteiger partial charge is 0.322 e. The van der Waals surface area contributed by atoms with Crippen LogP contribution in [0.5, 0.6) is 0 Å². The highest BCUT2D eigenvalue weighted by Crippen LogP contribution is 2.24. The molecular weight excluding hydrogens is 334 g/mol. The van der Waals surface area contributed by atoms with E-state index in [9.17, 15) is 14.9 Å². The van der Waals surface area contributed by atoms with Crippen molar-refractivity contribution in [3.8, 4) is 0 Å². The maximum atomic E-state index is 12.3. The molecule has 1 atom stereocenters. The van der Waals surface area contributed by atoms with Crippen molar-refractivity contribution in [1.82, 2.24) is 15.5 Å². The minimum absolute atomic E-state index is 0.104. The molecule has 2 aromatic rings. The molecule has 1 aromatic heterocycles. The fraction of sp³-hybridized carbons (Fsp3) is 0.333. The minimum Gasteiger partial charge on any atom is -0.369 e. The standard InChI is InChI=1S/C15H16ClN5O3/c1-9-14(21(23)24)13(19-18-9)15(22)17-11-5-6-20(8-11)12-4-2-3-10(16)7-12/h2-4,7,11H,5-6,8H2,1H3,(H,17,22)(H,18,19)/t11-/m1/s1. The average molecular weight is 350 g/mol. The van der Waals surface area contributed by atoms with E-state index in [0.717, 1.165) is 18.7 Å². The van der Waals surface area contributed by atoms with Gasteiger partial charge in [-0.05, 0) is 31.5 Å². The number of aromatic nitrogens is 2. The number of H-pyrrole nitrogens is 1. The van der Waals surface area contributed by atoms with E-state index in [1.54, 1.807) is 6.07 Å². The topological polar surface area (TPSA) is 104 Å². The summed E-state index contributed by atoms with van der Waals surface area (Å²) in [6.07, 6.45) is 0.745. The summed E-state index contributed by atoms with van der Waals surface area (Å²) >= 11 is 6.00. The number of rotatable bonds is 4. The Balaban J connectivity index is 1.68. The molecule has 1 aliphatic rings. The predicted octanol–water partition coefficient (Wildman–Crippen LogP) is 2.29. The van der Waals surface area contributed by atoms with E-state index in [4.69, 9.17) is 11.6 Å². The van der Waals surface area contributed by atoms with Crippen LogP contribution in [0.1, 0.15) is 22.6 Å². The van der Waals surface area contributed by atoms with Gasteiger partial charge in [0.05, 0.1) is 4.92 Å². The molecule has 0 spiro atoms. The molecule has 0 aliphatic carbocycles. The van der Waals surface area contributed by atoms with Crippen molar-refractivity contribution >= 4 is 28.9 Å². The molecule has 0 saturated carbocycles. The van der Waals surface area contributed by atoms with Gasteiger partial charge < -0.3 is 10.2 Å². The molecule has 0 radical (unpaired) electrons. The zero-order chi connectivity index (χ0) is 17.3. The third-order valence-corrected chi connectivity index (χ3v) is 4.24. The van der Waals surface area contributed by atoms with Gasteiger partial charge in [0.2, 0.25) is 5.69 Å². The number of nitrogens with one attached hydrogen (secondary N) is 2. The summed E-state index contributed by atoms with van der Waals surface area (Å²) in [6, 6.07) is 7.40. The predicted molar refractivity (Wildman–Crippen MR) is 89.5 cm³/mol. The number of carbonyl (C=O) groups excluding carboxylic acids is 1. The van der Waals surface area contributed by atoms with Crippen LogP contribution in [0, 0.1) is 17.0 Å². The van der Waals surface area contributed by atoms with Crippen LogP contribution >= 0.6 is 11.6 Å². The van der Waals surface area contributed by atoms with Gasteiger partial charge in [-0.15, -0.1) is 0 Å². The van der Waals surface area contributed by atoms with E-state index >= 15 is 0 Å². The van der Waals surface area contributed by atoms with Crippen LogP contribution in [-0.4, -0.2) is 40.2 Å². The maximum absolute atomic E-state index is 12.3. The Kier molecular flexibility index (Phi) is 4.39. The lowest BCUT2D eigenvalue weighted by Crippen LogP contribution is -2.37. The first-order chi connectivity index (χ1) is 11.5. The number of aromatic amines is 1. The van der Waals surface area contributed by atoms with Gasteiger partial charge in [-0.3, -0.25) is 20.0 Å². The van der Waals surface area contributed by atoms with E-state index in [1.165, 1.54) is 6.92 Å². The number of hydrogen-bond acceptors (Lipinski definition) is 5. The van der Waals surface area contributed by atoms with Crippen LogP contribution < -0.4 is 10.2 Å². The van der Waals surface area contributed by atoms with Gasteiger partial charge in [0.15, 0.2) is 0 Å². The van der Waals surface area contributed by atoms with Gasteiger partial charge in [-0.2, -0.15) is 5.10 Å². The van der Waals surface area contributed by atoms with Crippen molar-refractivity contribution < 1.29 is 9.72 Å². The zero-order valence-electron chi connectivity index (χ0n) is 13.0. The first-order valence-electron chi connectivity index (χ1n) is 7.46. The third-order valence-electron chi connectivity index (χ3n) is 4.01. The molecule has 3 rings (SSSR count). The fourth-order valence-electron chi connectivity index (χ4n) is 2.84. The molecule has 24 heavy (non-hydrogen) atoms. The lowest BCUT2D eigenvalue weighted by atomic mass is 10.2. The number of anilines is 1.